The Morgan fingerprint density at radius 2 is 2.12 bits per heavy atom. The standard InChI is InChI=1S/C13H23BrN2O/c1-5-8-16-11(10(14)9-15-16)6-7-12(17)13(2,3)4/h9,12,17H,5-8H2,1-4H3. The van der Waals surface area contributed by atoms with Crippen LogP contribution in [-0.2, 0) is 13.0 Å². The minimum absolute atomic E-state index is 0.0535. The van der Waals surface area contributed by atoms with Crippen LogP contribution in [0.1, 0.15) is 46.2 Å². The summed E-state index contributed by atoms with van der Waals surface area (Å²) in [4.78, 5) is 0. The van der Waals surface area contributed by atoms with Crippen molar-refractivity contribution in [3.8, 4) is 0 Å². The third-order valence-corrected chi connectivity index (χ3v) is 3.65. The van der Waals surface area contributed by atoms with Crippen LogP contribution in [0.4, 0.5) is 0 Å². The molecule has 4 heteroatoms. The van der Waals surface area contributed by atoms with Gasteiger partial charge in [-0.3, -0.25) is 4.68 Å². The lowest BCUT2D eigenvalue weighted by molar-refractivity contribution is 0.0555. The van der Waals surface area contributed by atoms with Crippen molar-refractivity contribution in [2.75, 3.05) is 0 Å². The summed E-state index contributed by atoms with van der Waals surface area (Å²) >= 11 is 3.52. The van der Waals surface area contributed by atoms with E-state index < -0.39 is 0 Å². The molecular formula is C13H23BrN2O. The Bertz CT molecular complexity index is 355. The van der Waals surface area contributed by atoms with E-state index in [0.29, 0.717) is 0 Å². The molecule has 1 atom stereocenters. The second kappa shape index (κ2) is 6.01. The van der Waals surface area contributed by atoms with Crippen LogP contribution in [0.2, 0.25) is 0 Å². The van der Waals surface area contributed by atoms with Crippen molar-refractivity contribution in [2.45, 2.75) is 59.6 Å². The highest BCUT2D eigenvalue weighted by Crippen LogP contribution is 2.25. The molecule has 0 aliphatic rings. The van der Waals surface area contributed by atoms with Crippen LogP contribution in [0.3, 0.4) is 0 Å². The van der Waals surface area contributed by atoms with Gasteiger partial charge >= 0.3 is 0 Å². The highest BCUT2D eigenvalue weighted by Gasteiger charge is 2.22. The van der Waals surface area contributed by atoms with E-state index in [0.717, 1.165) is 30.3 Å². The quantitative estimate of drug-likeness (QED) is 0.905. The molecule has 1 aromatic rings. The van der Waals surface area contributed by atoms with Crippen molar-refractivity contribution < 1.29 is 5.11 Å². The van der Waals surface area contributed by atoms with Gasteiger partial charge in [0, 0.05) is 6.54 Å². The van der Waals surface area contributed by atoms with Gasteiger partial charge in [-0.05, 0) is 40.6 Å². The lowest BCUT2D eigenvalue weighted by atomic mass is 9.86. The van der Waals surface area contributed by atoms with E-state index in [1.165, 1.54) is 5.69 Å². The van der Waals surface area contributed by atoms with Gasteiger partial charge in [0.25, 0.3) is 0 Å². The van der Waals surface area contributed by atoms with Crippen LogP contribution in [0.25, 0.3) is 0 Å². The molecule has 3 nitrogen and oxygen atoms in total. The molecule has 1 N–H and O–H groups in total. The molecule has 1 unspecified atom stereocenters. The van der Waals surface area contributed by atoms with E-state index >= 15 is 0 Å². The number of halogens is 1. The van der Waals surface area contributed by atoms with Gasteiger partial charge in [0.2, 0.25) is 0 Å². The van der Waals surface area contributed by atoms with Crippen molar-refractivity contribution >= 4 is 15.9 Å². The van der Waals surface area contributed by atoms with Crippen molar-refractivity contribution in [3.05, 3.63) is 16.4 Å². The molecule has 0 saturated heterocycles. The zero-order valence-electron chi connectivity index (χ0n) is 11.2. The topological polar surface area (TPSA) is 38.0 Å². The summed E-state index contributed by atoms with van der Waals surface area (Å²) in [5, 5.41) is 14.4. The first-order valence-corrected chi connectivity index (χ1v) is 7.03. The van der Waals surface area contributed by atoms with Gasteiger partial charge in [0.1, 0.15) is 0 Å². The van der Waals surface area contributed by atoms with Gasteiger partial charge in [-0.1, -0.05) is 27.7 Å². The summed E-state index contributed by atoms with van der Waals surface area (Å²) in [5.41, 5.74) is 1.14. The molecule has 0 fully saturated rings. The summed E-state index contributed by atoms with van der Waals surface area (Å²) in [7, 11) is 0. The second-order valence-corrected chi connectivity index (χ2v) is 6.44. The first-order valence-electron chi connectivity index (χ1n) is 6.24. The van der Waals surface area contributed by atoms with E-state index in [1.54, 1.807) is 0 Å². The maximum Gasteiger partial charge on any atom is 0.0635 e. The summed E-state index contributed by atoms with van der Waals surface area (Å²) in [5.74, 6) is 0. The molecule has 0 aliphatic carbocycles. The number of aliphatic hydroxyl groups excluding tert-OH is 1. The molecular weight excluding hydrogens is 280 g/mol. The molecule has 17 heavy (non-hydrogen) atoms. The molecule has 1 rings (SSSR count). The van der Waals surface area contributed by atoms with Gasteiger partial charge in [-0.25, -0.2) is 0 Å². The lowest BCUT2D eigenvalue weighted by Gasteiger charge is -2.25. The number of hydrogen-bond acceptors (Lipinski definition) is 2. The molecule has 0 aliphatic heterocycles. The number of hydrogen-bond donors (Lipinski definition) is 1. The fourth-order valence-corrected chi connectivity index (χ4v) is 2.24. The van der Waals surface area contributed by atoms with E-state index in [1.807, 2.05) is 10.9 Å². The average Bonchev–Trinajstić information content (AvgIpc) is 2.56. The maximum atomic E-state index is 10.1. The van der Waals surface area contributed by atoms with Gasteiger partial charge in [0.05, 0.1) is 22.5 Å². The van der Waals surface area contributed by atoms with Crippen molar-refractivity contribution in [1.29, 1.82) is 0 Å². The first-order chi connectivity index (χ1) is 7.86. The van der Waals surface area contributed by atoms with E-state index in [2.05, 4.69) is 48.7 Å². The SMILES string of the molecule is CCCn1ncc(Br)c1CCC(O)C(C)(C)C. The summed E-state index contributed by atoms with van der Waals surface area (Å²) in [6.07, 6.45) is 4.27. The fraction of sp³-hybridized carbons (Fsp3) is 0.769. The monoisotopic (exact) mass is 302 g/mol. The number of aryl methyl sites for hydroxylation is 1. The predicted molar refractivity (Wildman–Crippen MR) is 74.0 cm³/mol. The third kappa shape index (κ3) is 4.11. The maximum absolute atomic E-state index is 10.1. The van der Waals surface area contributed by atoms with Gasteiger partial charge in [-0.15, -0.1) is 0 Å². The van der Waals surface area contributed by atoms with Gasteiger partial charge < -0.3 is 5.11 Å². The lowest BCUT2D eigenvalue weighted by Crippen LogP contribution is -2.26. The Morgan fingerprint density at radius 1 is 1.47 bits per heavy atom. The van der Waals surface area contributed by atoms with Crippen LogP contribution in [0.15, 0.2) is 10.7 Å². The van der Waals surface area contributed by atoms with Crippen LogP contribution >= 0.6 is 15.9 Å². The molecule has 0 aromatic carbocycles. The Kier molecular flexibility index (Phi) is 5.20. The van der Waals surface area contributed by atoms with Crippen molar-refractivity contribution in [2.24, 2.45) is 5.41 Å². The number of aromatic nitrogens is 2. The fourth-order valence-electron chi connectivity index (χ4n) is 1.75. The first kappa shape index (κ1) is 14.7. The van der Waals surface area contributed by atoms with Crippen LogP contribution in [-0.4, -0.2) is 21.0 Å². The average molecular weight is 303 g/mol. The molecule has 0 saturated carbocycles. The van der Waals surface area contributed by atoms with Gasteiger partial charge in [-0.2, -0.15) is 5.10 Å². The molecule has 0 amide bonds. The predicted octanol–water partition coefficient (Wildman–Crippen LogP) is 3.40. The summed E-state index contributed by atoms with van der Waals surface area (Å²) in [6.45, 7) is 9.28. The van der Waals surface area contributed by atoms with Crippen LogP contribution in [0.5, 0.6) is 0 Å². The normalized spacial score (nSPS) is 14.0. The van der Waals surface area contributed by atoms with E-state index in [9.17, 15) is 5.11 Å². The van der Waals surface area contributed by atoms with E-state index in [-0.39, 0.29) is 11.5 Å². The zero-order chi connectivity index (χ0) is 13.1. The Balaban J connectivity index is 2.65. The number of nitrogens with zero attached hydrogens (tertiary/aromatic N) is 2. The van der Waals surface area contributed by atoms with Crippen molar-refractivity contribution in [3.63, 3.8) is 0 Å². The largest absolute Gasteiger partial charge is 0.393 e. The summed E-state index contributed by atoms with van der Waals surface area (Å²) < 4.78 is 3.08. The minimum Gasteiger partial charge on any atom is -0.393 e. The smallest absolute Gasteiger partial charge is 0.0635 e. The van der Waals surface area contributed by atoms with Crippen LogP contribution in [0, 0.1) is 5.41 Å². The molecule has 0 radical (unpaired) electrons. The second-order valence-electron chi connectivity index (χ2n) is 5.58. The summed E-state index contributed by atoms with van der Waals surface area (Å²) in [6, 6.07) is 0. The molecule has 98 valence electrons. The van der Waals surface area contributed by atoms with Crippen molar-refractivity contribution in [1.82, 2.24) is 9.78 Å². The van der Waals surface area contributed by atoms with Gasteiger partial charge in [0.15, 0.2) is 0 Å². The molecule has 0 bridgehead atoms. The minimum atomic E-state index is -0.278. The highest BCUT2D eigenvalue weighted by molar-refractivity contribution is 9.10. The van der Waals surface area contributed by atoms with Crippen LogP contribution < -0.4 is 0 Å². The Morgan fingerprint density at radius 3 is 2.65 bits per heavy atom. The number of aliphatic hydroxyl groups is 1. The van der Waals surface area contributed by atoms with E-state index in [4.69, 9.17) is 0 Å². The zero-order valence-corrected chi connectivity index (χ0v) is 12.8. The molecule has 1 aromatic heterocycles. The molecule has 0 spiro atoms. The third-order valence-electron chi connectivity index (χ3n) is 2.99. The molecule has 1 heterocycles. The Hall–Kier alpha value is -0.350. The number of rotatable bonds is 5. The Labute approximate surface area is 112 Å². The highest BCUT2D eigenvalue weighted by atomic mass is 79.9.